The van der Waals surface area contributed by atoms with Crippen LogP contribution in [-0.4, -0.2) is 18.2 Å². The van der Waals surface area contributed by atoms with E-state index in [-0.39, 0.29) is 5.75 Å². The van der Waals surface area contributed by atoms with Crippen LogP contribution in [0.1, 0.15) is 11.3 Å². The summed E-state index contributed by atoms with van der Waals surface area (Å²) in [5, 5.41) is 0.634. The van der Waals surface area contributed by atoms with Crippen LogP contribution in [0.2, 0.25) is 0 Å². The first-order valence-electron chi connectivity index (χ1n) is 6.14. The first kappa shape index (κ1) is 13.0. The quantitative estimate of drug-likeness (QED) is 0.666. The molecule has 106 valence electrons. The fourth-order valence-corrected chi connectivity index (χ4v) is 2.41. The smallest absolute Gasteiger partial charge is 0.387 e. The Hall–Kier alpha value is -1.99. The average Bonchev–Trinajstić information content (AvgIpc) is 2.45. The highest BCUT2D eigenvalue weighted by Crippen LogP contribution is 2.35. The van der Waals surface area contributed by atoms with Crippen LogP contribution in [0.15, 0.2) is 18.2 Å². The van der Waals surface area contributed by atoms with E-state index in [0.717, 1.165) is 11.3 Å². The minimum absolute atomic E-state index is 0.0447. The van der Waals surface area contributed by atoms with Gasteiger partial charge in [-0.3, -0.25) is 5.84 Å². The highest BCUT2D eigenvalue weighted by molar-refractivity contribution is 5.96. The van der Waals surface area contributed by atoms with Crippen molar-refractivity contribution in [3.8, 4) is 5.75 Å². The average molecular weight is 281 g/mol. The number of fused-ring (bicyclic) bond motifs is 2. The predicted molar refractivity (Wildman–Crippen MR) is 69.5 cm³/mol. The Morgan fingerprint density at radius 1 is 1.40 bits per heavy atom. The van der Waals surface area contributed by atoms with Gasteiger partial charge in [-0.05, 0) is 6.07 Å². The van der Waals surface area contributed by atoms with E-state index in [9.17, 15) is 8.78 Å². The third kappa shape index (κ3) is 2.14. The van der Waals surface area contributed by atoms with Gasteiger partial charge in [0.1, 0.15) is 5.52 Å². The van der Waals surface area contributed by atoms with Crippen molar-refractivity contribution in [1.29, 1.82) is 0 Å². The predicted octanol–water partition coefficient (Wildman–Crippen LogP) is 2.19. The number of nitrogens with one attached hydrogen (secondary N) is 1. The molecule has 20 heavy (non-hydrogen) atoms. The number of rotatable bonds is 3. The fraction of sp³-hybridized carbons (Fsp3) is 0.308. The molecule has 0 fully saturated rings. The Bertz CT molecular complexity index is 649. The van der Waals surface area contributed by atoms with Crippen molar-refractivity contribution in [3.05, 3.63) is 29.5 Å². The maximum atomic E-state index is 12.5. The number of anilines is 1. The van der Waals surface area contributed by atoms with Gasteiger partial charge in [0.05, 0.1) is 24.6 Å². The van der Waals surface area contributed by atoms with E-state index in [1.807, 2.05) is 0 Å². The number of para-hydroxylation sites is 1. The summed E-state index contributed by atoms with van der Waals surface area (Å²) in [6.45, 7) is -1.94. The van der Waals surface area contributed by atoms with E-state index in [0.29, 0.717) is 36.2 Å². The number of nitrogens with two attached hydrogens (primary N) is 1. The molecule has 3 rings (SSSR count). The number of hydrazine groups is 1. The van der Waals surface area contributed by atoms with Crippen molar-refractivity contribution in [3.63, 3.8) is 0 Å². The molecule has 0 saturated heterocycles. The summed E-state index contributed by atoms with van der Waals surface area (Å²) in [7, 11) is 0. The van der Waals surface area contributed by atoms with E-state index in [2.05, 4.69) is 15.1 Å². The van der Waals surface area contributed by atoms with Crippen molar-refractivity contribution in [2.45, 2.75) is 19.6 Å². The van der Waals surface area contributed by atoms with Gasteiger partial charge in [-0.15, -0.1) is 0 Å². The van der Waals surface area contributed by atoms with Crippen molar-refractivity contribution < 1.29 is 18.3 Å². The maximum absolute atomic E-state index is 12.5. The molecule has 5 nitrogen and oxygen atoms in total. The molecule has 2 heterocycles. The second-order valence-corrected chi connectivity index (χ2v) is 4.39. The van der Waals surface area contributed by atoms with Gasteiger partial charge in [-0.1, -0.05) is 12.1 Å². The first-order chi connectivity index (χ1) is 9.70. The van der Waals surface area contributed by atoms with Crippen LogP contribution >= 0.6 is 0 Å². The molecule has 1 aliphatic heterocycles. The lowest BCUT2D eigenvalue weighted by atomic mass is 10.0. The Morgan fingerprint density at radius 3 is 3.00 bits per heavy atom. The van der Waals surface area contributed by atoms with Crippen LogP contribution < -0.4 is 16.0 Å². The van der Waals surface area contributed by atoms with Crippen LogP contribution in [0, 0.1) is 0 Å². The summed E-state index contributed by atoms with van der Waals surface area (Å²) >= 11 is 0. The number of nitrogens with zero attached hydrogens (tertiary/aromatic N) is 1. The topological polar surface area (TPSA) is 69.4 Å². The highest BCUT2D eigenvalue weighted by Gasteiger charge is 2.20. The lowest BCUT2D eigenvalue weighted by molar-refractivity contribution is -0.0489. The molecule has 1 aromatic carbocycles. The molecule has 2 aromatic rings. The molecule has 7 heteroatoms. The molecule has 0 amide bonds. The second kappa shape index (κ2) is 5.18. The van der Waals surface area contributed by atoms with Gasteiger partial charge in [0, 0.05) is 17.4 Å². The summed E-state index contributed by atoms with van der Waals surface area (Å²) in [5.74, 6) is 5.61. The van der Waals surface area contributed by atoms with Gasteiger partial charge in [0.25, 0.3) is 0 Å². The lowest BCUT2D eigenvalue weighted by Gasteiger charge is -2.21. The molecule has 1 aromatic heterocycles. The SMILES string of the molecule is NNc1c2c(nc3c(OC(F)F)cccc13)CCOC2. The van der Waals surface area contributed by atoms with Crippen molar-refractivity contribution >= 4 is 16.6 Å². The van der Waals surface area contributed by atoms with Crippen LogP contribution in [0.5, 0.6) is 5.75 Å². The number of benzene rings is 1. The molecule has 0 saturated carbocycles. The van der Waals surface area contributed by atoms with Crippen LogP contribution in [0.25, 0.3) is 10.9 Å². The van der Waals surface area contributed by atoms with E-state index >= 15 is 0 Å². The Morgan fingerprint density at radius 2 is 2.25 bits per heavy atom. The van der Waals surface area contributed by atoms with Crippen molar-refractivity contribution in [2.24, 2.45) is 5.84 Å². The molecule has 0 aliphatic carbocycles. The molecule has 3 N–H and O–H groups in total. The molecule has 0 spiro atoms. The summed E-state index contributed by atoms with van der Waals surface area (Å²) in [5.41, 5.74) is 5.29. The second-order valence-electron chi connectivity index (χ2n) is 4.39. The molecule has 0 radical (unpaired) electrons. The zero-order valence-corrected chi connectivity index (χ0v) is 10.5. The van der Waals surface area contributed by atoms with Gasteiger partial charge in [0.2, 0.25) is 0 Å². The number of alkyl halides is 2. The van der Waals surface area contributed by atoms with Crippen LogP contribution in [-0.2, 0) is 17.8 Å². The van der Waals surface area contributed by atoms with Crippen LogP contribution in [0.4, 0.5) is 14.5 Å². The van der Waals surface area contributed by atoms with E-state index in [1.54, 1.807) is 12.1 Å². The minimum atomic E-state index is -2.89. The van der Waals surface area contributed by atoms with Gasteiger partial charge in [-0.2, -0.15) is 8.78 Å². The maximum Gasteiger partial charge on any atom is 0.387 e. The lowest BCUT2D eigenvalue weighted by Crippen LogP contribution is -2.18. The summed E-state index contributed by atoms with van der Waals surface area (Å²) in [4.78, 5) is 4.44. The van der Waals surface area contributed by atoms with Gasteiger partial charge < -0.3 is 14.9 Å². The molecule has 0 atom stereocenters. The number of pyridine rings is 1. The normalized spacial score (nSPS) is 14.4. The summed E-state index contributed by atoms with van der Waals surface area (Å²) in [6.07, 6.45) is 0.614. The van der Waals surface area contributed by atoms with E-state index < -0.39 is 6.61 Å². The van der Waals surface area contributed by atoms with Gasteiger partial charge in [0.15, 0.2) is 5.75 Å². The third-order valence-corrected chi connectivity index (χ3v) is 3.26. The standard InChI is InChI=1S/C13H13F2N3O2/c14-13(15)20-10-3-1-2-7-11(18-16)8-6-19-5-4-9(8)17-12(7)10/h1-3,13H,4-6,16H2,(H,17,18). The zero-order chi connectivity index (χ0) is 14.1. The number of ether oxygens (including phenoxy) is 2. The Balaban J connectivity index is 2.25. The molecular weight excluding hydrogens is 268 g/mol. The number of nitrogen functional groups attached to an aromatic ring is 1. The highest BCUT2D eigenvalue weighted by atomic mass is 19.3. The zero-order valence-electron chi connectivity index (χ0n) is 10.5. The van der Waals surface area contributed by atoms with Crippen molar-refractivity contribution in [1.82, 2.24) is 4.98 Å². The fourth-order valence-electron chi connectivity index (χ4n) is 2.41. The molecular formula is C13H13F2N3O2. The first-order valence-corrected chi connectivity index (χ1v) is 6.14. The number of hydrogen-bond acceptors (Lipinski definition) is 5. The largest absolute Gasteiger partial charge is 0.432 e. The Kier molecular flexibility index (Phi) is 3.37. The third-order valence-electron chi connectivity index (χ3n) is 3.26. The molecule has 1 aliphatic rings. The number of aromatic nitrogens is 1. The van der Waals surface area contributed by atoms with Gasteiger partial charge >= 0.3 is 6.61 Å². The van der Waals surface area contributed by atoms with Crippen LogP contribution in [0.3, 0.4) is 0 Å². The van der Waals surface area contributed by atoms with E-state index in [1.165, 1.54) is 6.07 Å². The number of hydrogen-bond donors (Lipinski definition) is 2. The van der Waals surface area contributed by atoms with E-state index in [4.69, 9.17) is 10.6 Å². The van der Waals surface area contributed by atoms with Crippen molar-refractivity contribution in [2.75, 3.05) is 12.0 Å². The monoisotopic (exact) mass is 281 g/mol. The van der Waals surface area contributed by atoms with Gasteiger partial charge in [-0.25, -0.2) is 4.98 Å². The molecule has 0 bridgehead atoms. The molecule has 0 unspecified atom stereocenters. The minimum Gasteiger partial charge on any atom is -0.432 e. The summed E-state index contributed by atoms with van der Waals surface area (Å²) in [6, 6.07) is 4.84. The number of halogens is 2. The summed E-state index contributed by atoms with van der Waals surface area (Å²) < 4.78 is 34.8. The Labute approximate surface area is 113 Å².